The number of hydrogen-bond acceptors (Lipinski definition) is 11. The van der Waals surface area contributed by atoms with Crippen molar-refractivity contribution in [3.8, 4) is 11.6 Å². The number of nitrogens with one attached hydrogen (secondary N) is 2. The molecule has 4 aliphatic carbocycles. The summed E-state index contributed by atoms with van der Waals surface area (Å²) in [6.07, 6.45) is 13.4. The van der Waals surface area contributed by atoms with Crippen LogP contribution < -0.4 is 19.5 Å². The molecule has 2 aromatic rings. The van der Waals surface area contributed by atoms with E-state index in [2.05, 4.69) is 23.5 Å². The molecule has 13 nitrogen and oxygen atoms in total. The molecule has 1 aromatic heterocycles. The smallest absolute Gasteiger partial charge is 0.306 e. The van der Waals surface area contributed by atoms with E-state index in [0.29, 0.717) is 31.1 Å². The standard InChI is InChI=1S/C49H66N4O9S/c1-4-32-28-49(32,46(57)52-63(58,59)48(3)21-22-48)29-40(54)39-26-34-30-53(39)45(56)37(47(2)19-11-6-12-20-47)27-42(55)62-41-25-31(41)13-7-5-8-15-36-43(60-33-17-23-50-24-18-33)35-14-9-10-16-38(35)51-44(36)61-34/h4,9-10,14,16,31-34,37,39,41,50H,1,5-8,11-13,15,17-30H2,2-3H3,(H,52,57)/t31-,32-,34-,37-,39+,41-,49-/m1/s1. The summed E-state index contributed by atoms with van der Waals surface area (Å²) < 4.78 is 47.9. The molecule has 1 aromatic carbocycles. The fourth-order valence-corrected chi connectivity index (χ4v) is 12.5. The minimum Gasteiger partial charge on any atom is -0.489 e. The maximum Gasteiger partial charge on any atom is 0.306 e. The molecule has 14 heteroatoms. The van der Waals surface area contributed by atoms with Gasteiger partial charge in [0.25, 0.3) is 0 Å². The molecule has 7 atom stereocenters. The number of ketones is 1. The number of ether oxygens (including phenoxy) is 3. The van der Waals surface area contributed by atoms with Gasteiger partial charge < -0.3 is 24.4 Å². The third-order valence-corrected chi connectivity index (χ3v) is 18.2. The minimum absolute atomic E-state index is 0.0249. The second-order valence-corrected chi connectivity index (χ2v) is 22.8. The molecule has 342 valence electrons. The van der Waals surface area contributed by atoms with Crippen molar-refractivity contribution in [2.24, 2.45) is 28.6 Å². The number of piperidine rings is 1. The van der Waals surface area contributed by atoms with Crippen molar-refractivity contribution in [1.29, 1.82) is 0 Å². The minimum atomic E-state index is -3.96. The Labute approximate surface area is 372 Å². The van der Waals surface area contributed by atoms with Gasteiger partial charge in [-0.05, 0) is 120 Å². The summed E-state index contributed by atoms with van der Waals surface area (Å²) >= 11 is 0. The first-order valence-electron chi connectivity index (χ1n) is 23.9. The number of para-hydroxylation sites is 1. The Morgan fingerprint density at radius 1 is 0.984 bits per heavy atom. The number of pyridine rings is 1. The lowest BCUT2D eigenvalue weighted by atomic mass is 9.65. The second-order valence-electron chi connectivity index (χ2n) is 20.6. The summed E-state index contributed by atoms with van der Waals surface area (Å²) in [6.45, 7) is 9.46. The zero-order chi connectivity index (χ0) is 44.1. The molecule has 4 saturated carbocycles. The van der Waals surface area contributed by atoms with Crippen molar-refractivity contribution in [3.63, 3.8) is 0 Å². The van der Waals surface area contributed by atoms with Gasteiger partial charge in [0.1, 0.15) is 24.1 Å². The van der Waals surface area contributed by atoms with E-state index >= 15 is 4.79 Å². The van der Waals surface area contributed by atoms with Gasteiger partial charge in [-0.15, -0.1) is 6.58 Å². The molecule has 2 bridgehead atoms. The molecule has 6 fully saturated rings. The van der Waals surface area contributed by atoms with E-state index in [1.165, 1.54) is 0 Å². The SMILES string of the molecule is C=C[C@@H]1C[C@]1(CC(=O)[C@@H]1C[C@@H]2CN1C(=O)[C@H](C1(C)CCCCC1)CC(=O)O[C@@H]1C[C@H]1CCCCCc1c(nc3ccccc3c1OC1CCNCC1)O2)C(=O)NS(=O)(=O)C1(C)CC1. The van der Waals surface area contributed by atoms with Crippen molar-refractivity contribution in [1.82, 2.24) is 19.9 Å². The van der Waals surface area contributed by atoms with Crippen LogP contribution >= 0.6 is 0 Å². The number of aromatic nitrogens is 1. The maximum absolute atomic E-state index is 15.4. The van der Waals surface area contributed by atoms with Gasteiger partial charge in [0.15, 0.2) is 5.78 Å². The first kappa shape index (κ1) is 44.2. The summed E-state index contributed by atoms with van der Waals surface area (Å²) in [4.78, 5) is 64.9. The Morgan fingerprint density at radius 3 is 2.46 bits per heavy atom. The van der Waals surface area contributed by atoms with Crippen LogP contribution in [0, 0.1) is 28.6 Å². The van der Waals surface area contributed by atoms with E-state index in [-0.39, 0.29) is 62.1 Å². The van der Waals surface area contributed by atoms with Gasteiger partial charge in [0.05, 0.1) is 46.2 Å². The normalized spacial score (nSPS) is 32.1. The molecule has 0 spiro atoms. The largest absolute Gasteiger partial charge is 0.489 e. The van der Waals surface area contributed by atoms with Gasteiger partial charge in [-0.1, -0.05) is 57.2 Å². The highest BCUT2D eigenvalue weighted by Gasteiger charge is 2.63. The number of carbonyl (C=O) groups is 4. The van der Waals surface area contributed by atoms with Gasteiger partial charge in [0, 0.05) is 18.2 Å². The molecule has 3 aliphatic heterocycles. The average molecular weight is 887 g/mol. The number of allylic oxidation sites excluding steroid dienone is 1. The van der Waals surface area contributed by atoms with E-state index < -0.39 is 55.5 Å². The first-order valence-corrected chi connectivity index (χ1v) is 25.4. The predicted octanol–water partition coefficient (Wildman–Crippen LogP) is 6.89. The number of carbonyl (C=O) groups excluding carboxylic acids is 4. The number of nitrogens with zero attached hydrogens (tertiary/aromatic N) is 2. The van der Waals surface area contributed by atoms with E-state index in [1.54, 1.807) is 17.9 Å². The summed E-state index contributed by atoms with van der Waals surface area (Å²) in [6, 6.07) is 6.97. The fraction of sp³-hybridized carbons (Fsp3) is 0.694. The zero-order valence-corrected chi connectivity index (χ0v) is 38.0. The van der Waals surface area contributed by atoms with Crippen molar-refractivity contribution >= 4 is 44.5 Å². The van der Waals surface area contributed by atoms with Crippen molar-refractivity contribution in [2.45, 2.75) is 165 Å². The molecular formula is C49H66N4O9S. The number of sulfonamides is 1. The van der Waals surface area contributed by atoms with E-state index in [4.69, 9.17) is 19.2 Å². The molecule has 2 N–H and O–H groups in total. The van der Waals surface area contributed by atoms with Crippen LogP contribution in [0.25, 0.3) is 10.9 Å². The molecule has 7 aliphatic rings. The van der Waals surface area contributed by atoms with Gasteiger partial charge in [-0.3, -0.25) is 23.9 Å². The van der Waals surface area contributed by atoms with Crippen LogP contribution in [0.5, 0.6) is 11.6 Å². The topological polar surface area (TPSA) is 170 Å². The number of Topliss-reactive ketones (excluding diaryl/α,β-unsaturated/α-hetero) is 1. The van der Waals surface area contributed by atoms with Crippen LogP contribution in [0.15, 0.2) is 36.9 Å². The highest BCUT2D eigenvalue weighted by molar-refractivity contribution is 7.91. The van der Waals surface area contributed by atoms with Crippen molar-refractivity contribution < 1.29 is 41.8 Å². The number of hydrogen-bond donors (Lipinski definition) is 2. The summed E-state index contributed by atoms with van der Waals surface area (Å²) in [7, 11) is -3.96. The van der Waals surface area contributed by atoms with Gasteiger partial charge in [-0.2, -0.15) is 0 Å². The molecule has 9 rings (SSSR count). The Bertz CT molecular complexity index is 2230. The van der Waals surface area contributed by atoms with Crippen LogP contribution in [-0.2, 0) is 40.4 Å². The number of esters is 1. The van der Waals surface area contributed by atoms with Gasteiger partial charge >= 0.3 is 5.97 Å². The van der Waals surface area contributed by atoms with E-state index in [0.717, 1.165) is 112 Å². The van der Waals surface area contributed by atoms with Crippen LogP contribution in [-0.4, -0.2) is 90.6 Å². The third-order valence-electron chi connectivity index (χ3n) is 16.0. The quantitative estimate of drug-likeness (QED) is 0.188. The second kappa shape index (κ2) is 17.4. The highest BCUT2D eigenvalue weighted by atomic mass is 32.2. The Balaban J connectivity index is 1.08. The first-order chi connectivity index (χ1) is 30.2. The third kappa shape index (κ3) is 9.01. The molecule has 63 heavy (non-hydrogen) atoms. The highest BCUT2D eigenvalue weighted by Crippen LogP contribution is 2.57. The van der Waals surface area contributed by atoms with E-state index in [9.17, 15) is 22.8 Å². The molecule has 2 amide bonds. The lowest BCUT2D eigenvalue weighted by Gasteiger charge is -2.42. The van der Waals surface area contributed by atoms with Gasteiger partial charge in [0.2, 0.25) is 27.7 Å². The van der Waals surface area contributed by atoms with Crippen LogP contribution in [0.3, 0.4) is 0 Å². The summed E-state index contributed by atoms with van der Waals surface area (Å²) in [5, 5.41) is 4.36. The number of amides is 2. The lowest BCUT2D eigenvalue weighted by molar-refractivity contribution is -0.155. The van der Waals surface area contributed by atoms with E-state index in [1.807, 2.05) is 24.3 Å². The van der Waals surface area contributed by atoms with Crippen LogP contribution in [0.2, 0.25) is 0 Å². The van der Waals surface area contributed by atoms with Crippen LogP contribution in [0.4, 0.5) is 0 Å². The summed E-state index contributed by atoms with van der Waals surface area (Å²) in [5.41, 5.74) is -0.168. The predicted molar refractivity (Wildman–Crippen MR) is 237 cm³/mol. The molecule has 0 radical (unpaired) electrons. The lowest BCUT2D eigenvalue weighted by Crippen LogP contribution is -2.50. The molecular weight excluding hydrogens is 821 g/mol. The van der Waals surface area contributed by atoms with Gasteiger partial charge in [-0.25, -0.2) is 13.4 Å². The number of benzene rings is 1. The average Bonchev–Trinajstić information content (AvgIpc) is 4.23. The summed E-state index contributed by atoms with van der Waals surface area (Å²) in [5.74, 6) is -1.29. The Hall–Kier alpha value is -4.04. The number of fused-ring (bicyclic) bond motifs is 5. The van der Waals surface area contributed by atoms with Crippen LogP contribution in [0.1, 0.15) is 135 Å². The fourth-order valence-electron chi connectivity index (χ4n) is 11.2. The zero-order valence-electron chi connectivity index (χ0n) is 37.2. The Kier molecular flexibility index (Phi) is 12.2. The molecule has 2 saturated heterocycles. The molecule has 0 unspecified atom stereocenters. The van der Waals surface area contributed by atoms with Crippen molar-refractivity contribution in [3.05, 3.63) is 42.5 Å². The van der Waals surface area contributed by atoms with Crippen molar-refractivity contribution in [2.75, 3.05) is 19.6 Å². The molecule has 4 heterocycles. The monoisotopic (exact) mass is 886 g/mol. The maximum atomic E-state index is 15.4. The number of rotatable bonds is 10. The Morgan fingerprint density at radius 2 is 1.73 bits per heavy atom.